The smallest absolute Gasteiger partial charge is 0.407 e. The van der Waals surface area contributed by atoms with Crippen molar-refractivity contribution in [3.63, 3.8) is 0 Å². The molecular weight excluding hydrogens is 843 g/mol. The van der Waals surface area contributed by atoms with Gasteiger partial charge in [-0.05, 0) is 57.5 Å². The van der Waals surface area contributed by atoms with E-state index in [1.165, 1.54) is 0 Å². The Labute approximate surface area is 393 Å². The summed E-state index contributed by atoms with van der Waals surface area (Å²) in [5, 5.41) is 2.93. The minimum absolute atomic E-state index is 0.141. The zero-order valence-corrected chi connectivity index (χ0v) is 37.5. The van der Waals surface area contributed by atoms with Crippen LogP contribution in [-0.2, 0) is 74.5 Å². The van der Waals surface area contributed by atoms with Crippen LogP contribution in [0.5, 0.6) is 11.5 Å². The van der Waals surface area contributed by atoms with Crippen LogP contribution in [0.1, 0.15) is 38.9 Å². The van der Waals surface area contributed by atoms with E-state index in [-0.39, 0.29) is 33.0 Å². The number of alkyl carbamates (subject to hydrolysis) is 1. The summed E-state index contributed by atoms with van der Waals surface area (Å²) in [5.41, 5.74) is 6.95. The van der Waals surface area contributed by atoms with Gasteiger partial charge in [0.25, 0.3) is 0 Å². The summed E-state index contributed by atoms with van der Waals surface area (Å²) in [7, 11) is 0. The number of amides is 1. The van der Waals surface area contributed by atoms with E-state index in [0.29, 0.717) is 37.7 Å². The number of rotatable bonds is 23. The van der Waals surface area contributed by atoms with Gasteiger partial charge in [0.05, 0.1) is 26.4 Å². The van der Waals surface area contributed by atoms with Crippen LogP contribution in [-0.4, -0.2) is 50.0 Å². The SMILES string of the molecule is O=C(NCCc1ccc(OCc2ccccc2)c(OCc2ccccc2)c1)OC[C@H]1O[C@@H](OCc2ccccc2)[C@H](OCc2ccccc2)[C@@H](OCc2ccccc2)[C@@H]1OCc1ccccc1. The first-order chi connectivity index (χ1) is 33.1. The largest absolute Gasteiger partial charge is 0.485 e. The van der Waals surface area contributed by atoms with Crippen molar-refractivity contribution < 1.29 is 42.7 Å². The van der Waals surface area contributed by atoms with Gasteiger partial charge in [-0.3, -0.25) is 0 Å². The third-order valence-corrected chi connectivity index (χ3v) is 11.2. The quantitative estimate of drug-likeness (QED) is 0.0672. The molecule has 5 atom stereocenters. The molecule has 344 valence electrons. The summed E-state index contributed by atoms with van der Waals surface area (Å²) in [6, 6.07) is 65.5. The molecule has 1 aliphatic rings. The second-order valence-electron chi connectivity index (χ2n) is 16.2. The van der Waals surface area contributed by atoms with Gasteiger partial charge in [-0.2, -0.15) is 0 Å². The molecule has 0 unspecified atom stereocenters. The Morgan fingerprint density at radius 3 is 1.30 bits per heavy atom. The Bertz CT molecular complexity index is 2480. The molecule has 1 amide bonds. The predicted molar refractivity (Wildman–Crippen MR) is 256 cm³/mol. The summed E-state index contributed by atoms with van der Waals surface area (Å²) < 4.78 is 52.0. The zero-order valence-electron chi connectivity index (χ0n) is 37.5. The van der Waals surface area contributed by atoms with Gasteiger partial charge in [0, 0.05) is 6.54 Å². The topological polar surface area (TPSA) is 103 Å². The van der Waals surface area contributed by atoms with Gasteiger partial charge >= 0.3 is 6.09 Å². The predicted octanol–water partition coefficient (Wildman–Crippen LogP) is 10.8. The molecule has 0 radical (unpaired) electrons. The maximum Gasteiger partial charge on any atom is 0.407 e. The fourth-order valence-corrected chi connectivity index (χ4v) is 7.70. The Morgan fingerprint density at radius 2 is 0.821 bits per heavy atom. The van der Waals surface area contributed by atoms with Crippen LogP contribution in [0.3, 0.4) is 0 Å². The van der Waals surface area contributed by atoms with Gasteiger partial charge in [0.2, 0.25) is 0 Å². The molecule has 0 spiro atoms. The van der Waals surface area contributed by atoms with Crippen molar-refractivity contribution in [3.8, 4) is 11.5 Å². The number of hydrogen-bond acceptors (Lipinski definition) is 9. The number of nitrogens with one attached hydrogen (secondary N) is 1. The minimum atomic E-state index is -0.907. The van der Waals surface area contributed by atoms with E-state index in [1.807, 2.05) is 200 Å². The molecule has 1 N–H and O–H groups in total. The molecule has 8 rings (SSSR count). The maximum atomic E-state index is 13.5. The fraction of sp³-hybridized carbons (Fsp3) is 0.246. The molecule has 0 aliphatic carbocycles. The summed E-state index contributed by atoms with van der Waals surface area (Å²) in [5.74, 6) is 1.26. The highest BCUT2D eigenvalue weighted by Crippen LogP contribution is 2.33. The van der Waals surface area contributed by atoms with Crippen molar-refractivity contribution >= 4 is 6.09 Å². The van der Waals surface area contributed by atoms with Crippen LogP contribution in [0.25, 0.3) is 0 Å². The Kier molecular flexibility index (Phi) is 17.6. The molecule has 0 bridgehead atoms. The lowest BCUT2D eigenvalue weighted by Gasteiger charge is -2.45. The second kappa shape index (κ2) is 25.2. The molecule has 10 nitrogen and oxygen atoms in total. The summed E-state index contributed by atoms with van der Waals surface area (Å²) in [4.78, 5) is 13.5. The summed E-state index contributed by atoms with van der Waals surface area (Å²) in [6.07, 6.45) is -3.93. The highest BCUT2D eigenvalue weighted by molar-refractivity contribution is 5.67. The minimum Gasteiger partial charge on any atom is -0.485 e. The molecule has 1 fully saturated rings. The maximum absolute atomic E-state index is 13.5. The van der Waals surface area contributed by atoms with Crippen LogP contribution >= 0.6 is 0 Å². The van der Waals surface area contributed by atoms with E-state index in [9.17, 15) is 4.79 Å². The van der Waals surface area contributed by atoms with Crippen LogP contribution in [0.4, 0.5) is 4.79 Å². The lowest BCUT2D eigenvalue weighted by molar-refractivity contribution is -0.329. The lowest BCUT2D eigenvalue weighted by Crippen LogP contribution is -2.62. The molecule has 1 saturated heterocycles. The Morgan fingerprint density at radius 1 is 0.418 bits per heavy atom. The van der Waals surface area contributed by atoms with Crippen LogP contribution < -0.4 is 14.8 Å². The van der Waals surface area contributed by atoms with Crippen LogP contribution in [0, 0.1) is 0 Å². The van der Waals surface area contributed by atoms with Gasteiger partial charge in [-0.25, -0.2) is 4.79 Å². The van der Waals surface area contributed by atoms with E-state index < -0.39 is 36.8 Å². The average molecular weight is 900 g/mol. The van der Waals surface area contributed by atoms with Crippen molar-refractivity contribution in [2.24, 2.45) is 0 Å². The van der Waals surface area contributed by atoms with E-state index in [1.54, 1.807) is 0 Å². The molecule has 0 aromatic heterocycles. The van der Waals surface area contributed by atoms with Crippen LogP contribution in [0.2, 0.25) is 0 Å². The first-order valence-electron chi connectivity index (χ1n) is 22.8. The number of carbonyl (C=O) groups is 1. The van der Waals surface area contributed by atoms with Crippen molar-refractivity contribution in [1.82, 2.24) is 5.32 Å². The molecule has 1 aliphatic heterocycles. The lowest BCUT2D eigenvalue weighted by atomic mass is 9.97. The summed E-state index contributed by atoms with van der Waals surface area (Å²) >= 11 is 0. The highest BCUT2D eigenvalue weighted by Gasteiger charge is 2.49. The van der Waals surface area contributed by atoms with E-state index >= 15 is 0 Å². The number of hydrogen-bond donors (Lipinski definition) is 1. The number of benzene rings is 7. The first kappa shape index (κ1) is 46.7. The van der Waals surface area contributed by atoms with E-state index in [0.717, 1.165) is 38.9 Å². The third kappa shape index (κ3) is 14.6. The fourth-order valence-electron chi connectivity index (χ4n) is 7.70. The van der Waals surface area contributed by atoms with Crippen molar-refractivity contribution in [3.05, 3.63) is 239 Å². The Balaban J connectivity index is 0.973. The van der Waals surface area contributed by atoms with Gasteiger partial charge in [0.15, 0.2) is 17.8 Å². The standard InChI is InChI=1S/C57H57NO9/c59-57(58-34-33-43-31-32-50(60-36-44-19-7-1-8-20-44)51(35-43)61-37-45-21-9-2-10-22-45)66-42-52-53(62-38-46-23-11-3-12-24-46)54(63-39-47-25-13-4-14-26-47)55(64-40-48-27-15-5-16-28-48)56(67-52)65-41-49-29-17-6-18-30-49/h1-32,35,52-56H,33-34,36-42H2,(H,58,59)/t52-,53-,54+,55-,56-/m1/s1. The van der Waals surface area contributed by atoms with E-state index in [2.05, 4.69) is 5.32 Å². The summed E-state index contributed by atoms with van der Waals surface area (Å²) in [6.45, 7) is 2.03. The number of ether oxygens (including phenoxy) is 8. The molecule has 7 aromatic carbocycles. The van der Waals surface area contributed by atoms with Gasteiger partial charge in [-0.15, -0.1) is 0 Å². The molecule has 67 heavy (non-hydrogen) atoms. The Hall–Kier alpha value is -6.79. The van der Waals surface area contributed by atoms with Gasteiger partial charge < -0.3 is 43.2 Å². The molecule has 7 aromatic rings. The first-order valence-corrected chi connectivity index (χ1v) is 22.8. The number of carbonyl (C=O) groups excluding carboxylic acids is 1. The molecule has 10 heteroatoms. The van der Waals surface area contributed by atoms with Crippen molar-refractivity contribution in [2.75, 3.05) is 13.2 Å². The molecule has 1 heterocycles. The van der Waals surface area contributed by atoms with Crippen molar-refractivity contribution in [1.29, 1.82) is 0 Å². The highest BCUT2D eigenvalue weighted by atomic mass is 16.7. The van der Waals surface area contributed by atoms with Crippen molar-refractivity contribution in [2.45, 2.75) is 76.8 Å². The van der Waals surface area contributed by atoms with E-state index in [4.69, 9.17) is 37.9 Å². The second-order valence-corrected chi connectivity index (χ2v) is 16.2. The normalized spacial score (nSPS) is 17.9. The van der Waals surface area contributed by atoms with Crippen LogP contribution in [0.15, 0.2) is 200 Å². The molecule has 0 saturated carbocycles. The van der Waals surface area contributed by atoms with Gasteiger partial charge in [0.1, 0.15) is 44.2 Å². The molecular formula is C57H57NO9. The zero-order chi connectivity index (χ0) is 45.7. The van der Waals surface area contributed by atoms with Gasteiger partial charge in [-0.1, -0.05) is 188 Å². The average Bonchev–Trinajstić information content (AvgIpc) is 3.39. The monoisotopic (exact) mass is 899 g/mol. The third-order valence-electron chi connectivity index (χ3n) is 11.2.